The van der Waals surface area contributed by atoms with E-state index in [1.807, 2.05) is 0 Å². The van der Waals surface area contributed by atoms with E-state index >= 15 is 0 Å². The van der Waals surface area contributed by atoms with Crippen molar-refractivity contribution in [2.45, 2.75) is 13.5 Å². The van der Waals surface area contributed by atoms with Gasteiger partial charge >= 0.3 is 0 Å². The Labute approximate surface area is 115 Å². The molecule has 0 saturated heterocycles. The van der Waals surface area contributed by atoms with E-state index in [1.54, 1.807) is 30.3 Å². The van der Waals surface area contributed by atoms with E-state index in [4.69, 9.17) is 16.3 Å². The van der Waals surface area contributed by atoms with Crippen LogP contribution in [0.1, 0.15) is 22.8 Å². The minimum Gasteiger partial charge on any atom is -0.489 e. The maximum absolute atomic E-state index is 13.2. The van der Waals surface area contributed by atoms with E-state index in [9.17, 15) is 9.18 Å². The molecule has 0 atom stereocenters. The van der Waals surface area contributed by atoms with Crippen molar-refractivity contribution in [3.8, 4) is 5.75 Å². The van der Waals surface area contributed by atoms with Crippen LogP contribution in [0, 0.1) is 5.82 Å². The Bertz CT molecular complexity index is 611. The Morgan fingerprint density at radius 3 is 2.74 bits per heavy atom. The maximum atomic E-state index is 13.2. The largest absolute Gasteiger partial charge is 0.489 e. The van der Waals surface area contributed by atoms with E-state index in [1.165, 1.54) is 19.1 Å². The topological polar surface area (TPSA) is 26.3 Å². The van der Waals surface area contributed by atoms with Gasteiger partial charge in [-0.15, -0.1) is 0 Å². The summed E-state index contributed by atoms with van der Waals surface area (Å²) < 4.78 is 18.8. The Hall–Kier alpha value is -1.87. The second-order valence-electron chi connectivity index (χ2n) is 4.12. The van der Waals surface area contributed by atoms with Gasteiger partial charge < -0.3 is 4.74 Å². The van der Waals surface area contributed by atoms with Crippen molar-refractivity contribution in [3.05, 3.63) is 64.4 Å². The molecule has 0 spiro atoms. The highest BCUT2D eigenvalue weighted by Crippen LogP contribution is 2.18. The molecule has 0 radical (unpaired) electrons. The first-order chi connectivity index (χ1) is 9.06. The smallest absolute Gasteiger partial charge is 0.159 e. The standard InChI is InChI=1S/C15H12ClFO2/c1-10(18)12-3-2-4-13(8-12)19-9-11-5-6-14(16)15(17)7-11/h2-8H,9H2,1H3. The first-order valence-corrected chi connectivity index (χ1v) is 6.12. The summed E-state index contributed by atoms with van der Waals surface area (Å²) in [6.07, 6.45) is 0. The van der Waals surface area contributed by atoms with E-state index in [2.05, 4.69) is 0 Å². The van der Waals surface area contributed by atoms with E-state index in [0.717, 1.165) is 0 Å². The van der Waals surface area contributed by atoms with Gasteiger partial charge in [-0.05, 0) is 36.8 Å². The third-order valence-corrected chi connectivity index (χ3v) is 2.94. The van der Waals surface area contributed by atoms with E-state index in [0.29, 0.717) is 16.9 Å². The minimum atomic E-state index is -0.472. The molecule has 0 aliphatic carbocycles. The van der Waals surface area contributed by atoms with Crippen LogP contribution in [-0.4, -0.2) is 5.78 Å². The molecule has 0 bridgehead atoms. The van der Waals surface area contributed by atoms with E-state index < -0.39 is 5.82 Å². The van der Waals surface area contributed by atoms with E-state index in [-0.39, 0.29) is 17.4 Å². The zero-order valence-electron chi connectivity index (χ0n) is 10.3. The third-order valence-electron chi connectivity index (χ3n) is 2.63. The van der Waals surface area contributed by atoms with Crippen LogP contribution in [-0.2, 0) is 6.61 Å². The van der Waals surface area contributed by atoms with Crippen molar-refractivity contribution in [1.29, 1.82) is 0 Å². The highest BCUT2D eigenvalue weighted by molar-refractivity contribution is 6.30. The van der Waals surface area contributed by atoms with Crippen molar-refractivity contribution in [2.24, 2.45) is 0 Å². The zero-order valence-corrected chi connectivity index (χ0v) is 11.1. The zero-order chi connectivity index (χ0) is 13.8. The molecule has 0 N–H and O–H groups in total. The number of halogens is 2. The van der Waals surface area contributed by atoms with Crippen LogP contribution in [0.4, 0.5) is 4.39 Å². The number of benzene rings is 2. The second kappa shape index (κ2) is 5.85. The van der Waals surface area contributed by atoms with Gasteiger partial charge in [-0.1, -0.05) is 29.8 Å². The highest BCUT2D eigenvalue weighted by atomic mass is 35.5. The molecular formula is C15H12ClFO2. The summed E-state index contributed by atoms with van der Waals surface area (Å²) >= 11 is 5.60. The van der Waals surface area contributed by atoms with Crippen molar-refractivity contribution >= 4 is 17.4 Å². The van der Waals surface area contributed by atoms with Crippen LogP contribution in [0.5, 0.6) is 5.75 Å². The molecule has 4 heteroatoms. The summed E-state index contributed by atoms with van der Waals surface area (Å²) in [5, 5.41) is 0.0855. The molecule has 0 saturated carbocycles. The lowest BCUT2D eigenvalue weighted by Gasteiger charge is -2.07. The number of hydrogen-bond acceptors (Lipinski definition) is 2. The summed E-state index contributed by atoms with van der Waals surface area (Å²) in [7, 11) is 0. The fraction of sp³-hybridized carbons (Fsp3) is 0.133. The summed E-state index contributed by atoms with van der Waals surface area (Å²) in [4.78, 5) is 11.2. The molecule has 0 aliphatic heterocycles. The highest BCUT2D eigenvalue weighted by Gasteiger charge is 2.04. The molecule has 2 aromatic rings. The van der Waals surface area contributed by atoms with Crippen molar-refractivity contribution in [2.75, 3.05) is 0 Å². The van der Waals surface area contributed by atoms with Gasteiger partial charge in [-0.3, -0.25) is 4.79 Å². The average molecular weight is 279 g/mol. The monoisotopic (exact) mass is 278 g/mol. The molecule has 0 aromatic heterocycles. The molecule has 98 valence electrons. The molecule has 0 fully saturated rings. The van der Waals surface area contributed by atoms with Crippen LogP contribution < -0.4 is 4.74 Å². The number of rotatable bonds is 4. The lowest BCUT2D eigenvalue weighted by Crippen LogP contribution is -1.98. The maximum Gasteiger partial charge on any atom is 0.159 e. The summed E-state index contributed by atoms with van der Waals surface area (Å²) in [5.74, 6) is 0.0753. The molecule has 19 heavy (non-hydrogen) atoms. The fourth-order valence-electron chi connectivity index (χ4n) is 1.60. The minimum absolute atomic E-state index is 0.0250. The molecule has 0 amide bonds. The summed E-state index contributed by atoms with van der Waals surface area (Å²) in [6, 6.07) is 11.4. The molecule has 0 aliphatic rings. The van der Waals surface area contributed by atoms with Gasteiger partial charge in [0, 0.05) is 5.56 Å². The van der Waals surface area contributed by atoms with Crippen molar-refractivity contribution < 1.29 is 13.9 Å². The Morgan fingerprint density at radius 1 is 1.26 bits per heavy atom. The molecule has 2 aromatic carbocycles. The van der Waals surface area contributed by atoms with Crippen LogP contribution in [0.15, 0.2) is 42.5 Å². The predicted molar refractivity (Wildman–Crippen MR) is 72.2 cm³/mol. The summed E-state index contributed by atoms with van der Waals surface area (Å²) in [5.41, 5.74) is 1.26. The second-order valence-corrected chi connectivity index (χ2v) is 4.53. The Kier molecular flexibility index (Phi) is 4.17. The van der Waals surface area contributed by atoms with Crippen LogP contribution in [0.2, 0.25) is 5.02 Å². The number of Topliss-reactive ketones (excluding diaryl/α,β-unsaturated/α-hetero) is 1. The van der Waals surface area contributed by atoms with Crippen molar-refractivity contribution in [3.63, 3.8) is 0 Å². The van der Waals surface area contributed by atoms with Crippen LogP contribution >= 0.6 is 11.6 Å². The number of ether oxygens (including phenoxy) is 1. The van der Waals surface area contributed by atoms with Gasteiger partial charge in [0.25, 0.3) is 0 Å². The van der Waals surface area contributed by atoms with Crippen LogP contribution in [0.3, 0.4) is 0 Å². The lowest BCUT2D eigenvalue weighted by molar-refractivity contribution is 0.101. The normalized spacial score (nSPS) is 10.3. The molecule has 0 unspecified atom stereocenters. The molecule has 2 nitrogen and oxygen atoms in total. The molecular weight excluding hydrogens is 267 g/mol. The van der Waals surface area contributed by atoms with Crippen LogP contribution in [0.25, 0.3) is 0 Å². The first kappa shape index (κ1) is 13.6. The average Bonchev–Trinajstić information content (AvgIpc) is 2.40. The van der Waals surface area contributed by atoms with Gasteiger partial charge in [0.05, 0.1) is 5.02 Å². The van der Waals surface area contributed by atoms with Gasteiger partial charge in [0.15, 0.2) is 5.78 Å². The predicted octanol–water partition coefficient (Wildman–Crippen LogP) is 4.26. The Balaban J connectivity index is 2.07. The molecule has 0 heterocycles. The fourth-order valence-corrected chi connectivity index (χ4v) is 1.72. The Morgan fingerprint density at radius 2 is 2.05 bits per heavy atom. The SMILES string of the molecule is CC(=O)c1cccc(OCc2ccc(Cl)c(F)c2)c1. The molecule has 2 rings (SSSR count). The number of carbonyl (C=O) groups is 1. The lowest BCUT2D eigenvalue weighted by atomic mass is 10.1. The van der Waals surface area contributed by atoms with Crippen molar-refractivity contribution in [1.82, 2.24) is 0 Å². The first-order valence-electron chi connectivity index (χ1n) is 5.74. The van der Waals surface area contributed by atoms with Gasteiger partial charge in [0.2, 0.25) is 0 Å². The van der Waals surface area contributed by atoms with Gasteiger partial charge in [-0.25, -0.2) is 4.39 Å². The van der Waals surface area contributed by atoms with Gasteiger partial charge in [-0.2, -0.15) is 0 Å². The quantitative estimate of drug-likeness (QED) is 0.781. The number of ketones is 1. The number of hydrogen-bond donors (Lipinski definition) is 0. The third kappa shape index (κ3) is 3.55. The number of carbonyl (C=O) groups excluding carboxylic acids is 1. The summed E-state index contributed by atoms with van der Waals surface area (Å²) in [6.45, 7) is 1.71. The van der Waals surface area contributed by atoms with Gasteiger partial charge in [0.1, 0.15) is 18.2 Å².